The van der Waals surface area contributed by atoms with E-state index in [9.17, 15) is 13.6 Å². The highest BCUT2D eigenvalue weighted by Gasteiger charge is 2.26. The summed E-state index contributed by atoms with van der Waals surface area (Å²) < 4.78 is 40.3. The molecular weight excluding hydrogens is 506 g/mol. The number of nitrogens with two attached hydrogens (primary N) is 1. The molecular formula is C25H25ClF2N6O3. The normalized spacial score (nSPS) is 15.8. The van der Waals surface area contributed by atoms with Gasteiger partial charge in [0.2, 0.25) is 12.8 Å². The van der Waals surface area contributed by atoms with Crippen molar-refractivity contribution in [3.63, 3.8) is 0 Å². The number of rotatable bonds is 7. The zero-order valence-corrected chi connectivity index (χ0v) is 20.8. The van der Waals surface area contributed by atoms with Gasteiger partial charge in [0, 0.05) is 37.3 Å². The van der Waals surface area contributed by atoms with Crippen molar-refractivity contribution in [3.8, 4) is 17.5 Å². The molecule has 5 rings (SSSR count). The minimum Gasteiger partial charge on any atom is -0.463 e. The van der Waals surface area contributed by atoms with Gasteiger partial charge in [-0.15, -0.1) is 0 Å². The summed E-state index contributed by atoms with van der Waals surface area (Å²) in [4.78, 5) is 24.8. The van der Waals surface area contributed by atoms with E-state index in [-0.39, 0.29) is 35.5 Å². The number of halogens is 3. The molecule has 0 spiro atoms. The van der Waals surface area contributed by atoms with Crippen molar-refractivity contribution in [3.05, 3.63) is 69.2 Å². The number of nitrogens with zero attached hydrogens (tertiary/aromatic N) is 5. The highest BCUT2D eigenvalue weighted by molar-refractivity contribution is 6.31. The smallest absolute Gasteiger partial charge is 0.306 e. The highest BCUT2D eigenvalue weighted by atomic mass is 35.5. The predicted octanol–water partition coefficient (Wildman–Crippen LogP) is 4.00. The van der Waals surface area contributed by atoms with E-state index in [1.165, 1.54) is 35.9 Å². The Labute approximate surface area is 216 Å². The molecule has 4 aromatic rings. The first-order valence-corrected chi connectivity index (χ1v) is 12.1. The molecule has 194 valence electrons. The third-order valence-electron chi connectivity index (χ3n) is 6.24. The van der Waals surface area contributed by atoms with E-state index < -0.39 is 18.2 Å². The molecule has 2 aromatic carbocycles. The minimum absolute atomic E-state index is 0.00904. The number of anilines is 1. The summed E-state index contributed by atoms with van der Waals surface area (Å²) in [5.74, 6) is 0.628. The number of hydrogen-bond donors (Lipinski definition) is 1. The minimum atomic E-state index is -0.984. The summed E-state index contributed by atoms with van der Waals surface area (Å²) in [5.41, 5.74) is 6.68. The Morgan fingerprint density at radius 3 is 2.78 bits per heavy atom. The highest BCUT2D eigenvalue weighted by Crippen LogP contribution is 2.29. The molecule has 3 heterocycles. The molecule has 0 saturated carbocycles. The predicted molar refractivity (Wildman–Crippen MR) is 136 cm³/mol. The van der Waals surface area contributed by atoms with Crippen LogP contribution in [0.5, 0.6) is 17.5 Å². The maximum atomic E-state index is 14.0. The van der Waals surface area contributed by atoms with Gasteiger partial charge in [0.1, 0.15) is 17.3 Å². The van der Waals surface area contributed by atoms with Crippen LogP contribution in [-0.2, 0) is 13.6 Å². The molecule has 37 heavy (non-hydrogen) atoms. The molecule has 0 aliphatic carbocycles. The molecule has 0 bridgehead atoms. The third-order valence-corrected chi connectivity index (χ3v) is 6.61. The molecule has 9 nitrogen and oxygen atoms in total. The summed E-state index contributed by atoms with van der Waals surface area (Å²) in [6.07, 6.45) is 1.75. The van der Waals surface area contributed by atoms with Gasteiger partial charge in [-0.3, -0.25) is 13.9 Å². The number of hydrogen-bond acceptors (Lipinski definition) is 7. The van der Waals surface area contributed by atoms with Crippen LogP contribution in [0.1, 0.15) is 18.4 Å². The first kappa shape index (κ1) is 25.0. The molecule has 1 fully saturated rings. The lowest BCUT2D eigenvalue weighted by molar-refractivity contribution is 0.191. The summed E-state index contributed by atoms with van der Waals surface area (Å²) in [5, 5.41) is 0.365. The first-order valence-electron chi connectivity index (χ1n) is 11.7. The van der Waals surface area contributed by atoms with Crippen LogP contribution in [0.25, 0.3) is 11.2 Å². The van der Waals surface area contributed by atoms with Gasteiger partial charge in [0.25, 0.3) is 5.56 Å². The van der Waals surface area contributed by atoms with Crippen molar-refractivity contribution in [1.29, 1.82) is 0 Å². The number of imidazole rings is 1. The Kier molecular flexibility index (Phi) is 6.98. The van der Waals surface area contributed by atoms with E-state index >= 15 is 0 Å². The maximum absolute atomic E-state index is 14.0. The SMILES string of the molecule is Cn1c(Oc2cccc(OCF)c2)nc2nc(N3CCC[C@@H](N)C3)n(Cc3cc(F)ccc3Cl)c2c1=O. The number of benzene rings is 2. The van der Waals surface area contributed by atoms with E-state index in [1.54, 1.807) is 22.8 Å². The molecule has 2 aromatic heterocycles. The van der Waals surface area contributed by atoms with Crippen molar-refractivity contribution in [2.45, 2.75) is 25.4 Å². The zero-order valence-electron chi connectivity index (χ0n) is 20.0. The number of fused-ring (bicyclic) bond motifs is 1. The average molecular weight is 531 g/mol. The number of piperidine rings is 1. The molecule has 0 radical (unpaired) electrons. The topological polar surface area (TPSA) is 100 Å². The van der Waals surface area contributed by atoms with Gasteiger partial charge >= 0.3 is 6.01 Å². The van der Waals surface area contributed by atoms with Crippen molar-refractivity contribution in [2.24, 2.45) is 12.8 Å². The van der Waals surface area contributed by atoms with Crippen LogP contribution in [0.2, 0.25) is 5.02 Å². The van der Waals surface area contributed by atoms with E-state index in [0.717, 1.165) is 12.8 Å². The van der Waals surface area contributed by atoms with Gasteiger partial charge < -0.3 is 20.1 Å². The van der Waals surface area contributed by atoms with E-state index in [4.69, 9.17) is 26.8 Å². The molecule has 1 aliphatic heterocycles. The van der Waals surface area contributed by atoms with Crippen LogP contribution >= 0.6 is 11.6 Å². The Morgan fingerprint density at radius 2 is 2.00 bits per heavy atom. The number of aromatic nitrogens is 4. The van der Waals surface area contributed by atoms with E-state index in [1.807, 2.05) is 4.90 Å². The van der Waals surface area contributed by atoms with Crippen molar-refractivity contribution in [2.75, 3.05) is 24.9 Å². The summed E-state index contributed by atoms with van der Waals surface area (Å²) in [6.45, 7) is 0.361. The molecule has 0 amide bonds. The summed E-state index contributed by atoms with van der Waals surface area (Å²) in [7, 11) is 1.52. The summed E-state index contributed by atoms with van der Waals surface area (Å²) >= 11 is 6.36. The number of alkyl halides is 1. The molecule has 12 heteroatoms. The third kappa shape index (κ3) is 5.09. The van der Waals surface area contributed by atoms with Crippen molar-refractivity contribution in [1.82, 2.24) is 19.1 Å². The molecule has 1 atom stereocenters. The van der Waals surface area contributed by atoms with Crippen LogP contribution in [0.3, 0.4) is 0 Å². The van der Waals surface area contributed by atoms with Gasteiger partial charge in [-0.1, -0.05) is 17.7 Å². The fraction of sp³-hybridized carbons (Fsp3) is 0.320. The van der Waals surface area contributed by atoms with Crippen LogP contribution < -0.4 is 25.7 Å². The Morgan fingerprint density at radius 1 is 1.19 bits per heavy atom. The van der Waals surface area contributed by atoms with Crippen molar-refractivity contribution >= 4 is 28.7 Å². The zero-order chi connectivity index (χ0) is 26.1. The quantitative estimate of drug-likeness (QED) is 0.385. The monoisotopic (exact) mass is 530 g/mol. The lowest BCUT2D eigenvalue weighted by atomic mass is 10.1. The summed E-state index contributed by atoms with van der Waals surface area (Å²) in [6, 6.07) is 10.4. The average Bonchev–Trinajstić information content (AvgIpc) is 3.23. The fourth-order valence-electron chi connectivity index (χ4n) is 4.43. The van der Waals surface area contributed by atoms with Gasteiger partial charge in [-0.25, -0.2) is 8.78 Å². The molecule has 0 unspecified atom stereocenters. The standard InChI is InChI=1S/C25H25ClF2N6O3/c1-32-23(35)21-22(31-25(32)37-19-6-2-5-18(11-19)36-14-27)30-24(33-9-3-4-17(29)13-33)34(21)12-15-10-16(28)7-8-20(15)26/h2,5-8,10-11,17H,3-4,9,12-14,29H2,1H3/t17-/m1/s1. The van der Waals surface area contributed by atoms with Crippen LogP contribution in [0.15, 0.2) is 47.3 Å². The maximum Gasteiger partial charge on any atom is 0.306 e. The second-order valence-corrected chi connectivity index (χ2v) is 9.25. The van der Waals surface area contributed by atoms with Gasteiger partial charge in [0.05, 0.1) is 6.54 Å². The molecule has 1 saturated heterocycles. The van der Waals surface area contributed by atoms with Crippen LogP contribution in [-0.4, -0.2) is 45.1 Å². The van der Waals surface area contributed by atoms with Gasteiger partial charge in [-0.05, 0) is 48.7 Å². The first-order chi connectivity index (χ1) is 17.8. The largest absolute Gasteiger partial charge is 0.463 e. The van der Waals surface area contributed by atoms with Gasteiger partial charge in [-0.2, -0.15) is 9.97 Å². The Bertz CT molecular complexity index is 1510. The second-order valence-electron chi connectivity index (χ2n) is 8.84. The molecule has 2 N–H and O–H groups in total. The lowest BCUT2D eigenvalue weighted by Gasteiger charge is -2.32. The van der Waals surface area contributed by atoms with E-state index in [2.05, 4.69) is 9.97 Å². The van der Waals surface area contributed by atoms with Gasteiger partial charge in [0.15, 0.2) is 11.2 Å². The van der Waals surface area contributed by atoms with Crippen LogP contribution in [0, 0.1) is 5.82 Å². The fourth-order valence-corrected chi connectivity index (χ4v) is 4.61. The lowest BCUT2D eigenvalue weighted by Crippen LogP contribution is -2.44. The Balaban J connectivity index is 1.62. The second kappa shape index (κ2) is 10.3. The molecule has 1 aliphatic rings. The van der Waals surface area contributed by atoms with Crippen LogP contribution in [0.4, 0.5) is 14.7 Å². The Hall–Kier alpha value is -3.70. The van der Waals surface area contributed by atoms with E-state index in [0.29, 0.717) is 35.4 Å². The number of ether oxygens (including phenoxy) is 2. The van der Waals surface area contributed by atoms with Crippen molar-refractivity contribution < 1.29 is 18.3 Å².